The number of nitrogens with zero attached hydrogens (tertiary/aromatic N) is 7. The van der Waals surface area contributed by atoms with Gasteiger partial charge in [0.25, 0.3) is 5.91 Å². The van der Waals surface area contributed by atoms with Gasteiger partial charge in [-0.05, 0) is 106 Å². The summed E-state index contributed by atoms with van der Waals surface area (Å²) < 4.78 is 8.47. The molecule has 4 amide bonds. The number of halogens is 2. The number of likely N-dealkylation sites (tertiary alicyclic amines) is 1. The predicted octanol–water partition coefficient (Wildman–Crippen LogP) is 6.50. The molecule has 0 unspecified atom stereocenters. The van der Waals surface area contributed by atoms with Crippen LogP contribution in [0.1, 0.15) is 79.9 Å². The Morgan fingerprint density at radius 3 is 2.52 bits per heavy atom. The number of nitrogens with one attached hydrogen (secondary N) is 2. The summed E-state index contributed by atoms with van der Waals surface area (Å²) in [6.07, 6.45) is 10.1. The van der Waals surface area contributed by atoms with Gasteiger partial charge in [-0.1, -0.05) is 17.7 Å². The highest BCUT2D eigenvalue weighted by molar-refractivity contribution is 6.31. The molecule has 2 N–H and O–H groups in total. The summed E-state index contributed by atoms with van der Waals surface area (Å²) in [4.78, 5) is 43.9. The fraction of sp³-hybridized carbons (Fsp3) is 0.463. The van der Waals surface area contributed by atoms with Crippen molar-refractivity contribution in [3.63, 3.8) is 0 Å². The third-order valence-corrected chi connectivity index (χ3v) is 12.0. The SMILES string of the molecule is Cl.N#Cc1ccc(OC2CCC(NC(=O)c3ccc(N4CCC(CN5CCC[C@H](n6ccc7c(N8CCC(=O)NC8=O)cccc76)C5)CC4)nn3)CC2)cc1Cl. The number of benzene rings is 2. The van der Waals surface area contributed by atoms with E-state index < -0.39 is 0 Å². The van der Waals surface area contributed by atoms with Crippen LogP contribution in [0.4, 0.5) is 16.3 Å². The van der Waals surface area contributed by atoms with Crippen molar-refractivity contribution in [2.45, 2.75) is 76.0 Å². The molecule has 13 nitrogen and oxygen atoms in total. The lowest BCUT2D eigenvalue weighted by Crippen LogP contribution is -2.49. The topological polar surface area (TPSA) is 149 Å². The molecule has 5 heterocycles. The second kappa shape index (κ2) is 17.5. The van der Waals surface area contributed by atoms with Crippen molar-refractivity contribution in [2.75, 3.05) is 49.1 Å². The molecule has 1 aliphatic carbocycles. The number of amides is 4. The summed E-state index contributed by atoms with van der Waals surface area (Å²) in [5, 5.41) is 24.8. The fourth-order valence-electron chi connectivity index (χ4n) is 8.71. The maximum Gasteiger partial charge on any atom is 0.328 e. The monoisotopic (exact) mass is 799 g/mol. The number of hydrogen-bond acceptors (Lipinski definition) is 9. The zero-order chi connectivity index (χ0) is 37.9. The van der Waals surface area contributed by atoms with E-state index in [2.05, 4.69) is 59.6 Å². The van der Waals surface area contributed by atoms with Crippen LogP contribution in [-0.4, -0.2) is 88.9 Å². The van der Waals surface area contributed by atoms with Crippen LogP contribution in [0, 0.1) is 17.2 Å². The molecule has 0 radical (unpaired) electrons. The molecule has 4 aliphatic rings. The molecule has 3 aliphatic heterocycles. The Labute approximate surface area is 337 Å². The molecule has 8 rings (SSSR count). The van der Waals surface area contributed by atoms with Crippen molar-refractivity contribution in [1.82, 2.24) is 30.3 Å². The molecular formula is C41H47Cl2N9O4. The third-order valence-electron chi connectivity index (χ3n) is 11.7. The van der Waals surface area contributed by atoms with Crippen LogP contribution in [0.15, 0.2) is 60.8 Å². The van der Waals surface area contributed by atoms with Gasteiger partial charge in [-0.3, -0.25) is 19.8 Å². The van der Waals surface area contributed by atoms with Gasteiger partial charge < -0.3 is 24.4 Å². The van der Waals surface area contributed by atoms with Crippen molar-refractivity contribution in [1.29, 1.82) is 5.26 Å². The van der Waals surface area contributed by atoms with Gasteiger partial charge in [0.15, 0.2) is 11.5 Å². The van der Waals surface area contributed by atoms with Crippen LogP contribution in [0.2, 0.25) is 5.02 Å². The number of imide groups is 1. The van der Waals surface area contributed by atoms with Crippen molar-refractivity contribution in [3.8, 4) is 11.8 Å². The molecule has 56 heavy (non-hydrogen) atoms. The Kier molecular flexibility index (Phi) is 12.3. The van der Waals surface area contributed by atoms with Crippen molar-refractivity contribution >= 4 is 64.3 Å². The normalized spacial score (nSPS) is 22.2. The molecule has 4 fully saturated rings. The number of carbonyl (C=O) groups is 3. The van der Waals surface area contributed by atoms with Crippen molar-refractivity contribution < 1.29 is 19.1 Å². The molecule has 0 spiro atoms. The zero-order valence-corrected chi connectivity index (χ0v) is 32.8. The summed E-state index contributed by atoms with van der Waals surface area (Å²) >= 11 is 6.15. The summed E-state index contributed by atoms with van der Waals surface area (Å²) in [5.74, 6) is 1.62. The van der Waals surface area contributed by atoms with Crippen LogP contribution in [-0.2, 0) is 4.79 Å². The first-order chi connectivity index (χ1) is 26.8. The summed E-state index contributed by atoms with van der Waals surface area (Å²) in [6.45, 7) is 5.36. The van der Waals surface area contributed by atoms with Crippen LogP contribution in [0.5, 0.6) is 5.75 Å². The van der Waals surface area contributed by atoms with Gasteiger partial charge in [0, 0.05) is 68.9 Å². The van der Waals surface area contributed by atoms with Crippen LogP contribution >= 0.6 is 24.0 Å². The van der Waals surface area contributed by atoms with Gasteiger partial charge in [0.1, 0.15) is 11.8 Å². The van der Waals surface area contributed by atoms with Crippen LogP contribution < -0.4 is 25.2 Å². The molecule has 3 saturated heterocycles. The van der Waals surface area contributed by atoms with E-state index in [1.165, 1.54) is 0 Å². The van der Waals surface area contributed by atoms with Crippen LogP contribution in [0.3, 0.4) is 0 Å². The Balaban J connectivity index is 0.00000480. The highest BCUT2D eigenvalue weighted by atomic mass is 35.5. The fourth-order valence-corrected chi connectivity index (χ4v) is 8.92. The number of rotatable bonds is 9. The van der Waals surface area contributed by atoms with Gasteiger partial charge in [-0.15, -0.1) is 22.6 Å². The lowest BCUT2D eigenvalue weighted by Gasteiger charge is -2.39. The largest absolute Gasteiger partial charge is 0.490 e. The van der Waals surface area contributed by atoms with Gasteiger partial charge in [-0.25, -0.2) is 4.79 Å². The molecular weight excluding hydrogens is 753 g/mol. The minimum atomic E-state index is -0.357. The molecule has 0 bridgehead atoms. The van der Waals surface area contributed by atoms with E-state index in [0.29, 0.717) is 47.0 Å². The predicted molar refractivity (Wildman–Crippen MR) is 217 cm³/mol. The Morgan fingerprint density at radius 2 is 1.79 bits per heavy atom. The van der Waals surface area contributed by atoms with Gasteiger partial charge in [0.05, 0.1) is 27.9 Å². The van der Waals surface area contributed by atoms with Gasteiger partial charge in [0.2, 0.25) is 5.91 Å². The molecule has 2 aromatic heterocycles. The smallest absolute Gasteiger partial charge is 0.328 e. The average molecular weight is 801 g/mol. The Bertz CT molecular complexity index is 2090. The lowest BCUT2D eigenvalue weighted by molar-refractivity contribution is -0.120. The standard InChI is InChI=1S/C41H46ClN9O4.ClH/c42-34-23-32(9-6-28(34)24-43)55-31-10-7-29(8-11-31)44-40(53)35-12-13-38(47-46-35)49-19-14-27(15-20-49)25-48-18-2-3-30(26-48)50-21-16-33-36(50)4-1-5-37(33)51-22-17-39(52)45-41(51)54;/h1,4-6,9,12-13,16,21,23,27,29-31H,2-3,7-8,10-11,14-15,17-20,22,25-26H2,(H,44,53)(H,45,52,54);1H/t29?,30-,31?;/m0./s1. The minimum absolute atomic E-state index is 0. The first-order valence-electron chi connectivity index (χ1n) is 19.5. The first-order valence-corrected chi connectivity index (χ1v) is 19.9. The number of carbonyl (C=O) groups excluding carboxylic acids is 3. The number of aromatic nitrogens is 3. The van der Waals surface area contributed by atoms with E-state index in [1.807, 2.05) is 18.2 Å². The highest BCUT2D eigenvalue weighted by Crippen LogP contribution is 2.34. The molecule has 294 valence electrons. The molecule has 1 atom stereocenters. The maximum atomic E-state index is 13.0. The number of anilines is 2. The Morgan fingerprint density at radius 1 is 0.964 bits per heavy atom. The lowest BCUT2D eigenvalue weighted by atomic mass is 9.92. The van der Waals surface area contributed by atoms with Gasteiger partial charge >= 0.3 is 6.03 Å². The second-order valence-corrected chi connectivity index (χ2v) is 15.7. The number of ether oxygens (including phenoxy) is 1. The first kappa shape index (κ1) is 39.3. The van der Waals surface area contributed by atoms with E-state index in [4.69, 9.17) is 21.6 Å². The molecule has 4 aromatic rings. The number of nitriles is 1. The van der Waals surface area contributed by atoms with Crippen LogP contribution in [0.25, 0.3) is 10.9 Å². The number of urea groups is 1. The van der Waals surface area contributed by atoms with Gasteiger partial charge in [-0.2, -0.15) is 5.26 Å². The van der Waals surface area contributed by atoms with E-state index in [9.17, 15) is 14.4 Å². The quantitative estimate of drug-likeness (QED) is 0.194. The maximum absolute atomic E-state index is 13.0. The molecule has 1 saturated carbocycles. The molecule has 2 aromatic carbocycles. The second-order valence-electron chi connectivity index (χ2n) is 15.3. The average Bonchev–Trinajstić information content (AvgIpc) is 3.64. The summed E-state index contributed by atoms with van der Waals surface area (Å²) in [5.41, 5.74) is 2.71. The zero-order valence-electron chi connectivity index (χ0n) is 31.2. The minimum Gasteiger partial charge on any atom is -0.490 e. The van der Waals surface area contributed by atoms with E-state index in [-0.39, 0.29) is 42.4 Å². The number of piperidine rings is 2. The number of hydrogen-bond donors (Lipinski definition) is 2. The van der Waals surface area contributed by atoms with E-state index in [1.54, 1.807) is 29.2 Å². The van der Waals surface area contributed by atoms with Crippen molar-refractivity contribution in [2.24, 2.45) is 5.92 Å². The van der Waals surface area contributed by atoms with Crippen molar-refractivity contribution in [3.05, 3.63) is 77.1 Å². The Hall–Kier alpha value is -4.90. The number of fused-ring (bicyclic) bond motifs is 1. The van der Waals surface area contributed by atoms with E-state index in [0.717, 1.165) is 106 Å². The summed E-state index contributed by atoms with van der Waals surface area (Å²) in [7, 11) is 0. The van der Waals surface area contributed by atoms with E-state index >= 15 is 0 Å². The summed E-state index contributed by atoms with van der Waals surface area (Å²) in [6, 6.07) is 19.1. The molecule has 15 heteroatoms. The third kappa shape index (κ3) is 8.73. The highest BCUT2D eigenvalue weighted by Gasteiger charge is 2.30.